The van der Waals surface area contributed by atoms with Gasteiger partial charge in [-0.1, -0.05) is 44.2 Å². The minimum absolute atomic E-state index is 0.0797. The number of amides is 3. The molecule has 1 heterocycles. The quantitative estimate of drug-likeness (QED) is 0.332. The lowest BCUT2D eigenvalue weighted by Crippen LogP contribution is -2.34. The van der Waals surface area contributed by atoms with E-state index in [-0.39, 0.29) is 38.1 Å². The molecule has 0 radical (unpaired) electrons. The van der Waals surface area contributed by atoms with Crippen LogP contribution in [0.5, 0.6) is 0 Å². The molecule has 1 aliphatic heterocycles. The maximum Gasteiger partial charge on any atom is 0.325 e. The standard InChI is InChI=1S/C20H29N2O6P/c1-4-28-29(26,14-22-18(23)11-21-20(22)25)13-17(10-15(2)3)19(24)27-12-16-8-6-5-7-9-16/h5-9,15,17H,4,10-14H2,1-3H3,(H,21,25)/t17-,29?/m1/s1. The largest absolute Gasteiger partial charge is 0.461 e. The van der Waals surface area contributed by atoms with Crippen LogP contribution in [0.25, 0.3) is 0 Å². The van der Waals surface area contributed by atoms with Crippen LogP contribution >= 0.6 is 7.37 Å². The topological polar surface area (TPSA) is 102 Å². The monoisotopic (exact) mass is 424 g/mol. The van der Waals surface area contributed by atoms with E-state index >= 15 is 0 Å². The molecular formula is C20H29N2O6P. The highest BCUT2D eigenvalue weighted by Gasteiger charge is 2.39. The second-order valence-electron chi connectivity index (χ2n) is 7.46. The third kappa shape index (κ3) is 6.98. The molecule has 0 saturated carbocycles. The summed E-state index contributed by atoms with van der Waals surface area (Å²) in [7, 11) is -3.46. The molecule has 1 aromatic carbocycles. The second kappa shape index (κ2) is 10.6. The lowest BCUT2D eigenvalue weighted by molar-refractivity contribution is -0.149. The Morgan fingerprint density at radius 2 is 1.93 bits per heavy atom. The van der Waals surface area contributed by atoms with Gasteiger partial charge in [0.05, 0.1) is 19.1 Å². The second-order valence-corrected chi connectivity index (χ2v) is 9.99. The molecule has 2 atom stereocenters. The molecule has 1 saturated heterocycles. The van der Waals surface area contributed by atoms with Crippen LogP contribution in [0.3, 0.4) is 0 Å². The predicted octanol–water partition coefficient (Wildman–Crippen LogP) is 3.22. The zero-order valence-electron chi connectivity index (χ0n) is 17.1. The van der Waals surface area contributed by atoms with Gasteiger partial charge in [0, 0.05) is 6.16 Å². The lowest BCUT2D eigenvalue weighted by Gasteiger charge is -2.26. The van der Waals surface area contributed by atoms with Gasteiger partial charge in [-0.25, -0.2) is 4.79 Å². The summed E-state index contributed by atoms with van der Waals surface area (Å²) in [5.41, 5.74) is 0.858. The summed E-state index contributed by atoms with van der Waals surface area (Å²) in [5, 5.41) is 2.40. The van der Waals surface area contributed by atoms with Crippen molar-refractivity contribution in [3.63, 3.8) is 0 Å². The number of nitrogens with zero attached hydrogens (tertiary/aromatic N) is 1. The first-order valence-electron chi connectivity index (χ1n) is 9.75. The summed E-state index contributed by atoms with van der Waals surface area (Å²) in [6, 6.07) is 8.70. The summed E-state index contributed by atoms with van der Waals surface area (Å²) in [6.07, 6.45) is 0.0423. The number of imide groups is 1. The van der Waals surface area contributed by atoms with Crippen molar-refractivity contribution in [3.05, 3.63) is 35.9 Å². The van der Waals surface area contributed by atoms with E-state index in [1.54, 1.807) is 6.92 Å². The molecule has 8 nitrogen and oxygen atoms in total. The number of nitrogens with one attached hydrogen (secondary N) is 1. The highest BCUT2D eigenvalue weighted by Crippen LogP contribution is 2.50. The molecule has 1 N–H and O–H groups in total. The molecule has 2 rings (SSSR count). The SMILES string of the molecule is CCOP(=O)(C[C@@H](CC(C)C)C(=O)OCc1ccccc1)CN1C(=O)CNC1=O. The van der Waals surface area contributed by atoms with Gasteiger partial charge in [0.25, 0.3) is 5.91 Å². The molecular weight excluding hydrogens is 395 g/mol. The zero-order valence-corrected chi connectivity index (χ0v) is 18.0. The van der Waals surface area contributed by atoms with E-state index in [1.807, 2.05) is 44.2 Å². The molecule has 0 spiro atoms. The van der Waals surface area contributed by atoms with Gasteiger partial charge in [-0.3, -0.25) is 19.1 Å². The number of hydrogen-bond donors (Lipinski definition) is 1. The Labute approximate surface area is 171 Å². The van der Waals surface area contributed by atoms with E-state index in [4.69, 9.17) is 9.26 Å². The van der Waals surface area contributed by atoms with E-state index in [9.17, 15) is 18.9 Å². The number of carbonyl (C=O) groups excluding carboxylic acids is 3. The van der Waals surface area contributed by atoms with Crippen molar-refractivity contribution in [3.8, 4) is 0 Å². The van der Waals surface area contributed by atoms with Crippen molar-refractivity contribution in [1.29, 1.82) is 0 Å². The third-order valence-electron chi connectivity index (χ3n) is 4.47. The molecule has 1 unspecified atom stereocenters. The van der Waals surface area contributed by atoms with Crippen LogP contribution in [0.15, 0.2) is 30.3 Å². The Kier molecular flexibility index (Phi) is 8.41. The first-order valence-corrected chi connectivity index (χ1v) is 11.7. The van der Waals surface area contributed by atoms with Crippen LogP contribution in [0.4, 0.5) is 4.79 Å². The van der Waals surface area contributed by atoms with Crippen LogP contribution in [0.1, 0.15) is 32.8 Å². The van der Waals surface area contributed by atoms with Gasteiger partial charge in [0.15, 0.2) is 0 Å². The number of hydrogen-bond acceptors (Lipinski definition) is 6. The van der Waals surface area contributed by atoms with Gasteiger partial charge in [-0.2, -0.15) is 0 Å². The van der Waals surface area contributed by atoms with Crippen LogP contribution in [0.2, 0.25) is 0 Å². The lowest BCUT2D eigenvalue weighted by atomic mass is 9.99. The van der Waals surface area contributed by atoms with Gasteiger partial charge in [-0.15, -0.1) is 0 Å². The van der Waals surface area contributed by atoms with Gasteiger partial charge in [-0.05, 0) is 24.8 Å². The molecule has 1 aromatic rings. The average Bonchev–Trinajstić information content (AvgIpc) is 2.98. The maximum absolute atomic E-state index is 13.4. The molecule has 0 aliphatic carbocycles. The van der Waals surface area contributed by atoms with Crippen molar-refractivity contribution in [2.45, 2.75) is 33.8 Å². The minimum atomic E-state index is -3.46. The fraction of sp³-hybridized carbons (Fsp3) is 0.550. The van der Waals surface area contributed by atoms with Gasteiger partial charge < -0.3 is 14.6 Å². The van der Waals surface area contributed by atoms with E-state index in [1.165, 1.54) is 0 Å². The van der Waals surface area contributed by atoms with E-state index in [0.29, 0.717) is 6.42 Å². The normalized spacial score (nSPS) is 17.2. The Hall–Kier alpha value is -2.18. The maximum atomic E-state index is 13.4. The highest BCUT2D eigenvalue weighted by molar-refractivity contribution is 7.59. The number of carbonyl (C=O) groups is 3. The summed E-state index contributed by atoms with van der Waals surface area (Å²) < 4.78 is 24.4. The van der Waals surface area contributed by atoms with Crippen molar-refractivity contribution >= 4 is 25.3 Å². The van der Waals surface area contributed by atoms with Crippen LogP contribution in [-0.2, 0) is 30.0 Å². The smallest absolute Gasteiger partial charge is 0.325 e. The summed E-state index contributed by atoms with van der Waals surface area (Å²) >= 11 is 0. The first-order chi connectivity index (χ1) is 13.7. The average molecular weight is 424 g/mol. The van der Waals surface area contributed by atoms with Crippen molar-refractivity contribution in [2.24, 2.45) is 11.8 Å². The molecule has 0 aromatic heterocycles. The number of rotatable bonds is 11. The van der Waals surface area contributed by atoms with E-state index in [0.717, 1.165) is 10.5 Å². The molecule has 160 valence electrons. The number of esters is 1. The number of urea groups is 1. The fourth-order valence-corrected chi connectivity index (χ4v) is 5.66. The van der Waals surface area contributed by atoms with Crippen LogP contribution in [-0.4, -0.2) is 48.4 Å². The molecule has 9 heteroatoms. The molecule has 3 amide bonds. The van der Waals surface area contributed by atoms with Crippen molar-refractivity contribution < 1.29 is 28.2 Å². The zero-order chi connectivity index (χ0) is 21.4. The minimum Gasteiger partial charge on any atom is -0.461 e. The number of benzene rings is 1. The Morgan fingerprint density at radius 1 is 1.24 bits per heavy atom. The summed E-state index contributed by atoms with van der Waals surface area (Å²) in [6.45, 7) is 5.75. The fourth-order valence-electron chi connectivity index (χ4n) is 3.20. The van der Waals surface area contributed by atoms with Gasteiger partial charge in [0.1, 0.15) is 12.9 Å². The first kappa shape index (κ1) is 23.1. The summed E-state index contributed by atoms with van der Waals surface area (Å²) in [5.74, 6) is -1.41. The van der Waals surface area contributed by atoms with Crippen LogP contribution in [0, 0.1) is 11.8 Å². The highest BCUT2D eigenvalue weighted by atomic mass is 31.2. The van der Waals surface area contributed by atoms with E-state index < -0.39 is 31.2 Å². The third-order valence-corrected chi connectivity index (χ3v) is 6.91. The Morgan fingerprint density at radius 3 is 2.48 bits per heavy atom. The van der Waals surface area contributed by atoms with E-state index in [2.05, 4.69) is 5.32 Å². The Balaban J connectivity index is 2.11. The van der Waals surface area contributed by atoms with Crippen molar-refractivity contribution in [2.75, 3.05) is 25.6 Å². The van der Waals surface area contributed by atoms with Crippen molar-refractivity contribution in [1.82, 2.24) is 10.2 Å². The number of ether oxygens (including phenoxy) is 1. The van der Waals surface area contributed by atoms with Gasteiger partial charge >= 0.3 is 12.0 Å². The molecule has 0 bridgehead atoms. The molecule has 1 aliphatic rings. The van der Waals surface area contributed by atoms with Crippen LogP contribution < -0.4 is 5.32 Å². The predicted molar refractivity (Wildman–Crippen MR) is 108 cm³/mol. The van der Waals surface area contributed by atoms with Gasteiger partial charge in [0.2, 0.25) is 7.37 Å². The summed E-state index contributed by atoms with van der Waals surface area (Å²) in [4.78, 5) is 37.4. The molecule has 1 fully saturated rings. The molecule has 29 heavy (non-hydrogen) atoms. The Bertz CT molecular complexity index is 751.